The van der Waals surface area contributed by atoms with E-state index in [9.17, 15) is 4.79 Å². The molecule has 100 valence electrons. The van der Waals surface area contributed by atoms with E-state index in [1.54, 1.807) is 19.1 Å². The van der Waals surface area contributed by atoms with Gasteiger partial charge in [0, 0.05) is 12.1 Å². The number of rotatable bonds is 2. The first-order chi connectivity index (χ1) is 8.08. The molecule has 1 amide bonds. The number of benzene rings is 1. The van der Waals surface area contributed by atoms with Crippen LogP contribution in [0.2, 0.25) is 5.02 Å². The summed E-state index contributed by atoms with van der Waals surface area (Å²) in [6.07, 6.45) is 0. The summed E-state index contributed by atoms with van der Waals surface area (Å²) >= 11 is 6.02. The fraction of sp³-hybridized carbons (Fsp3) is 0.364. The number of amides is 1. The minimum atomic E-state index is -0.598. The molecule has 2 rings (SSSR count). The Hall–Kier alpha value is -1.17. The number of nitrogens with one attached hydrogen (secondary N) is 1. The number of nitrogens with two attached hydrogens (primary N) is 1. The molecule has 7 heteroatoms. The van der Waals surface area contributed by atoms with E-state index < -0.39 is 6.04 Å². The third-order valence-corrected chi connectivity index (χ3v) is 2.62. The molecule has 0 aliphatic carbocycles. The molecule has 0 saturated carbocycles. The second kappa shape index (κ2) is 6.13. The van der Waals surface area contributed by atoms with Crippen LogP contribution in [0.3, 0.4) is 0 Å². The molecule has 0 saturated heterocycles. The lowest BCUT2D eigenvalue weighted by molar-refractivity contribution is -0.117. The smallest absolute Gasteiger partial charge is 0.241 e. The van der Waals surface area contributed by atoms with Crippen molar-refractivity contribution in [2.45, 2.75) is 13.0 Å². The van der Waals surface area contributed by atoms with E-state index in [1.165, 1.54) is 0 Å². The number of ether oxygens (including phenoxy) is 2. The van der Waals surface area contributed by atoms with Crippen LogP contribution in [0.5, 0.6) is 11.5 Å². The van der Waals surface area contributed by atoms with E-state index in [1.807, 2.05) is 0 Å². The zero-order valence-corrected chi connectivity index (χ0v) is 11.3. The normalized spacial score (nSPS) is 14.4. The highest BCUT2D eigenvalue weighted by Crippen LogP contribution is 2.37. The molecule has 1 aliphatic heterocycles. The third-order valence-electron chi connectivity index (χ3n) is 2.30. The highest BCUT2D eigenvalue weighted by atomic mass is 35.5. The third kappa shape index (κ3) is 3.19. The Morgan fingerprint density at radius 2 is 1.94 bits per heavy atom. The van der Waals surface area contributed by atoms with Crippen molar-refractivity contribution in [1.82, 2.24) is 0 Å². The van der Waals surface area contributed by atoms with Gasteiger partial charge < -0.3 is 20.5 Å². The van der Waals surface area contributed by atoms with Crippen LogP contribution >= 0.6 is 24.0 Å². The summed E-state index contributed by atoms with van der Waals surface area (Å²) < 4.78 is 10.8. The molecule has 0 spiro atoms. The summed E-state index contributed by atoms with van der Waals surface area (Å²) in [5.41, 5.74) is 5.93. The number of anilines is 1. The van der Waals surface area contributed by atoms with E-state index >= 15 is 0 Å². The van der Waals surface area contributed by atoms with Crippen molar-refractivity contribution in [2.75, 3.05) is 18.5 Å². The molecule has 1 aromatic carbocycles. The molecular formula is C11H14Cl2N2O3. The number of carbonyl (C=O) groups excluding carboxylic acids is 1. The van der Waals surface area contributed by atoms with Crippen LogP contribution in [-0.2, 0) is 4.79 Å². The monoisotopic (exact) mass is 292 g/mol. The van der Waals surface area contributed by atoms with Crippen molar-refractivity contribution >= 4 is 35.6 Å². The summed E-state index contributed by atoms with van der Waals surface area (Å²) in [6.45, 7) is 2.57. The van der Waals surface area contributed by atoms with Crippen molar-refractivity contribution in [3.05, 3.63) is 17.2 Å². The highest BCUT2D eigenvalue weighted by Gasteiger charge is 2.17. The molecule has 0 bridgehead atoms. The molecule has 1 unspecified atom stereocenters. The van der Waals surface area contributed by atoms with Gasteiger partial charge in [-0.15, -0.1) is 12.4 Å². The van der Waals surface area contributed by atoms with E-state index in [2.05, 4.69) is 5.32 Å². The molecule has 0 radical (unpaired) electrons. The Balaban J connectivity index is 0.00000162. The molecule has 5 nitrogen and oxygen atoms in total. The fourth-order valence-electron chi connectivity index (χ4n) is 1.41. The van der Waals surface area contributed by atoms with Gasteiger partial charge in [-0.25, -0.2) is 0 Å². The standard InChI is InChI=1S/C11H13ClN2O3.ClH/c1-6(13)11(15)14-8-5-10-9(4-7(8)12)16-2-3-17-10;/h4-6H,2-3,13H2,1H3,(H,14,15);1H. The highest BCUT2D eigenvalue weighted by molar-refractivity contribution is 6.34. The zero-order valence-electron chi connectivity index (χ0n) is 9.73. The molecule has 0 fully saturated rings. The first-order valence-corrected chi connectivity index (χ1v) is 5.61. The first kappa shape index (κ1) is 14.9. The van der Waals surface area contributed by atoms with E-state index in [0.717, 1.165) is 0 Å². The maximum atomic E-state index is 11.5. The number of hydrogen-bond donors (Lipinski definition) is 2. The van der Waals surface area contributed by atoms with Crippen molar-refractivity contribution in [3.63, 3.8) is 0 Å². The van der Waals surface area contributed by atoms with E-state index in [-0.39, 0.29) is 18.3 Å². The van der Waals surface area contributed by atoms with Crippen molar-refractivity contribution in [3.8, 4) is 11.5 Å². The Morgan fingerprint density at radius 3 is 2.50 bits per heavy atom. The summed E-state index contributed by atoms with van der Waals surface area (Å²) in [4.78, 5) is 11.5. The van der Waals surface area contributed by atoms with Gasteiger partial charge >= 0.3 is 0 Å². The van der Waals surface area contributed by atoms with Gasteiger partial charge in [-0.05, 0) is 6.92 Å². The number of halogens is 2. The van der Waals surface area contributed by atoms with Crippen LogP contribution in [0.25, 0.3) is 0 Å². The van der Waals surface area contributed by atoms with Crippen molar-refractivity contribution < 1.29 is 14.3 Å². The van der Waals surface area contributed by atoms with Crippen LogP contribution < -0.4 is 20.5 Å². The molecule has 1 heterocycles. The molecular weight excluding hydrogens is 279 g/mol. The lowest BCUT2D eigenvalue weighted by Gasteiger charge is -2.20. The predicted octanol–water partition coefficient (Wildman–Crippen LogP) is 1.82. The number of fused-ring (bicyclic) bond motifs is 1. The Morgan fingerprint density at radius 1 is 1.39 bits per heavy atom. The molecule has 3 N–H and O–H groups in total. The predicted molar refractivity (Wildman–Crippen MR) is 72.0 cm³/mol. The van der Waals surface area contributed by atoms with Gasteiger partial charge in [-0.1, -0.05) is 11.6 Å². The molecule has 1 aliphatic rings. The van der Waals surface area contributed by atoms with Crippen molar-refractivity contribution in [1.29, 1.82) is 0 Å². The average Bonchev–Trinajstić information content (AvgIpc) is 2.29. The van der Waals surface area contributed by atoms with Gasteiger partial charge in [0.15, 0.2) is 11.5 Å². The quantitative estimate of drug-likeness (QED) is 0.872. The van der Waals surface area contributed by atoms with Gasteiger partial charge in [0.1, 0.15) is 13.2 Å². The lowest BCUT2D eigenvalue weighted by Crippen LogP contribution is -2.32. The first-order valence-electron chi connectivity index (χ1n) is 5.23. The summed E-state index contributed by atoms with van der Waals surface area (Å²) in [7, 11) is 0. The second-order valence-corrected chi connectivity index (χ2v) is 4.16. The summed E-state index contributed by atoms with van der Waals surface area (Å²) in [5, 5.41) is 3.02. The summed E-state index contributed by atoms with van der Waals surface area (Å²) in [6, 6.07) is 2.66. The number of hydrogen-bond acceptors (Lipinski definition) is 4. The zero-order chi connectivity index (χ0) is 12.4. The van der Waals surface area contributed by atoms with Crippen LogP contribution in [0.4, 0.5) is 5.69 Å². The maximum Gasteiger partial charge on any atom is 0.241 e. The van der Waals surface area contributed by atoms with Gasteiger partial charge in [-0.3, -0.25) is 4.79 Å². The van der Waals surface area contributed by atoms with E-state index in [0.29, 0.717) is 35.4 Å². The molecule has 0 aromatic heterocycles. The SMILES string of the molecule is CC(N)C(=O)Nc1cc2c(cc1Cl)OCCO2.Cl. The maximum absolute atomic E-state index is 11.5. The fourth-order valence-corrected chi connectivity index (χ4v) is 1.61. The minimum Gasteiger partial charge on any atom is -0.486 e. The Bertz CT molecular complexity index is 452. The van der Waals surface area contributed by atoms with Crippen LogP contribution in [0.15, 0.2) is 12.1 Å². The molecule has 1 atom stereocenters. The van der Waals surface area contributed by atoms with Gasteiger partial charge in [-0.2, -0.15) is 0 Å². The summed E-state index contributed by atoms with van der Waals surface area (Å²) in [5.74, 6) is 0.851. The largest absolute Gasteiger partial charge is 0.486 e. The molecule has 1 aromatic rings. The second-order valence-electron chi connectivity index (χ2n) is 3.75. The van der Waals surface area contributed by atoms with Crippen LogP contribution in [0.1, 0.15) is 6.92 Å². The number of carbonyl (C=O) groups is 1. The Labute approximate surface area is 116 Å². The van der Waals surface area contributed by atoms with E-state index in [4.69, 9.17) is 26.8 Å². The average molecular weight is 293 g/mol. The molecule has 18 heavy (non-hydrogen) atoms. The van der Waals surface area contributed by atoms with Crippen LogP contribution in [-0.4, -0.2) is 25.2 Å². The van der Waals surface area contributed by atoms with Gasteiger partial charge in [0.2, 0.25) is 5.91 Å². The van der Waals surface area contributed by atoms with Gasteiger partial charge in [0.05, 0.1) is 16.8 Å². The minimum absolute atomic E-state index is 0. The van der Waals surface area contributed by atoms with Crippen LogP contribution in [0, 0.1) is 0 Å². The Kier molecular flexibility index (Phi) is 5.07. The van der Waals surface area contributed by atoms with Crippen molar-refractivity contribution in [2.24, 2.45) is 5.73 Å². The van der Waals surface area contributed by atoms with Gasteiger partial charge in [0.25, 0.3) is 0 Å². The lowest BCUT2D eigenvalue weighted by atomic mass is 10.2. The topological polar surface area (TPSA) is 73.6 Å².